The Balaban J connectivity index is 1.14. The van der Waals surface area contributed by atoms with Gasteiger partial charge in [-0.3, -0.25) is 0 Å². The smallest absolute Gasteiger partial charge is 0.240 e. The van der Waals surface area contributed by atoms with Crippen LogP contribution in [0, 0.1) is 5.92 Å². The molecule has 0 saturated carbocycles. The molecule has 1 fully saturated rings. The number of rotatable bonds is 11. The maximum Gasteiger partial charge on any atom is 0.240 e. The Morgan fingerprint density at radius 1 is 0.857 bits per heavy atom. The second kappa shape index (κ2) is 13.4. The molecule has 0 amide bonds. The van der Waals surface area contributed by atoms with Gasteiger partial charge >= 0.3 is 0 Å². The van der Waals surface area contributed by atoms with Crippen molar-refractivity contribution in [2.75, 3.05) is 38.6 Å². The van der Waals surface area contributed by atoms with Gasteiger partial charge in [0.25, 0.3) is 0 Å². The van der Waals surface area contributed by atoms with Crippen molar-refractivity contribution in [3.63, 3.8) is 0 Å². The third kappa shape index (κ3) is 7.60. The summed E-state index contributed by atoms with van der Waals surface area (Å²) in [6.45, 7) is 8.39. The maximum atomic E-state index is 13.2. The van der Waals surface area contributed by atoms with E-state index in [1.165, 1.54) is 17.5 Å². The van der Waals surface area contributed by atoms with Gasteiger partial charge in [0.1, 0.15) is 0 Å². The fraction of sp³-hybridized carbons (Fsp3) is 0.389. The fourth-order valence-electron chi connectivity index (χ4n) is 6.36. The molecule has 1 aliphatic rings. The van der Waals surface area contributed by atoms with Crippen molar-refractivity contribution in [2.45, 2.75) is 56.4 Å². The number of benzene rings is 4. The summed E-state index contributed by atoms with van der Waals surface area (Å²) in [4.78, 5) is 4.96. The van der Waals surface area contributed by atoms with E-state index in [4.69, 9.17) is 0 Å². The summed E-state index contributed by atoms with van der Waals surface area (Å²) in [5, 5.41) is 1.94. The van der Waals surface area contributed by atoms with Crippen molar-refractivity contribution in [1.29, 1.82) is 0 Å². The average molecular weight is 584 g/mol. The quantitative estimate of drug-likeness (QED) is 0.200. The Kier molecular flexibility index (Phi) is 9.67. The fourth-order valence-corrected chi connectivity index (χ4v) is 7.41. The lowest BCUT2D eigenvalue weighted by Gasteiger charge is -2.34. The van der Waals surface area contributed by atoms with Crippen molar-refractivity contribution in [2.24, 2.45) is 5.92 Å². The Morgan fingerprint density at radius 3 is 2.31 bits per heavy atom. The molecule has 42 heavy (non-hydrogen) atoms. The second-order valence-electron chi connectivity index (χ2n) is 12.4. The molecular formula is C36H45N3O2S. The monoisotopic (exact) mass is 583 g/mol. The van der Waals surface area contributed by atoms with Crippen molar-refractivity contribution in [3.8, 4) is 0 Å². The summed E-state index contributed by atoms with van der Waals surface area (Å²) in [6, 6.07) is 30.7. The minimum atomic E-state index is -3.63. The second-order valence-corrected chi connectivity index (χ2v) is 14.2. The molecule has 1 aliphatic heterocycles. The molecule has 5 rings (SSSR count). The van der Waals surface area contributed by atoms with Gasteiger partial charge in [0.05, 0.1) is 4.90 Å². The maximum absolute atomic E-state index is 13.2. The van der Waals surface area contributed by atoms with Gasteiger partial charge in [-0.05, 0) is 102 Å². The van der Waals surface area contributed by atoms with Crippen molar-refractivity contribution in [1.82, 2.24) is 9.62 Å². The van der Waals surface area contributed by atoms with Crippen molar-refractivity contribution < 1.29 is 8.42 Å². The largest absolute Gasteiger partial charge is 0.378 e. The summed E-state index contributed by atoms with van der Waals surface area (Å²) in [7, 11) is 0.369. The van der Waals surface area contributed by atoms with Gasteiger partial charge in [-0.15, -0.1) is 0 Å². The van der Waals surface area contributed by atoms with E-state index in [1.807, 2.05) is 43.3 Å². The van der Waals surface area contributed by atoms with E-state index in [9.17, 15) is 8.42 Å². The van der Waals surface area contributed by atoms with E-state index in [0.29, 0.717) is 22.6 Å². The van der Waals surface area contributed by atoms with Crippen LogP contribution >= 0.6 is 0 Å². The molecule has 0 aromatic heterocycles. The number of likely N-dealkylation sites (tertiary alicyclic amines) is 1. The van der Waals surface area contributed by atoms with Crippen molar-refractivity contribution in [3.05, 3.63) is 108 Å². The molecule has 2 atom stereocenters. The molecule has 2 unspecified atom stereocenters. The molecule has 4 aromatic rings. The average Bonchev–Trinajstić information content (AvgIpc) is 3.00. The molecule has 1 saturated heterocycles. The van der Waals surface area contributed by atoms with Gasteiger partial charge in [0, 0.05) is 32.9 Å². The number of piperidine rings is 1. The van der Waals surface area contributed by atoms with E-state index >= 15 is 0 Å². The molecule has 0 aliphatic carbocycles. The summed E-state index contributed by atoms with van der Waals surface area (Å²) in [5.74, 6) is 1.76. The number of anilines is 1. The van der Waals surface area contributed by atoms with E-state index in [1.54, 1.807) is 12.1 Å². The first-order valence-corrected chi connectivity index (χ1v) is 16.7. The minimum absolute atomic E-state index is 0.281. The third-order valence-corrected chi connectivity index (χ3v) is 10.2. The number of hydrogen-bond acceptors (Lipinski definition) is 4. The highest BCUT2D eigenvalue weighted by atomic mass is 32.2. The zero-order chi connectivity index (χ0) is 29.7. The van der Waals surface area contributed by atoms with Gasteiger partial charge in [-0.25, -0.2) is 13.1 Å². The highest BCUT2D eigenvalue weighted by Gasteiger charge is 2.23. The topological polar surface area (TPSA) is 52.7 Å². The standard InChI is InChI=1S/C36H45N3O2S/c1-27(21-28(2)30-10-6-5-7-11-30)26-39-19-17-31(18-20-39)32-12-8-9-29(22-32)25-37-42(40,41)36-16-14-33-23-35(38(3)4)15-13-34(33)24-36/h5-16,22-24,27-28,31,37H,17-21,25-26H2,1-4H3. The van der Waals surface area contributed by atoms with Crippen LogP contribution in [-0.4, -0.2) is 47.0 Å². The Bertz CT molecular complexity index is 1580. The Labute approximate surface area is 252 Å². The van der Waals surface area contributed by atoms with Crippen LogP contribution in [0.25, 0.3) is 10.8 Å². The summed E-state index contributed by atoms with van der Waals surface area (Å²) in [5.41, 5.74) is 4.84. The highest BCUT2D eigenvalue weighted by Crippen LogP contribution is 2.30. The molecule has 1 heterocycles. The van der Waals surface area contributed by atoms with Crippen LogP contribution in [0.5, 0.6) is 0 Å². The van der Waals surface area contributed by atoms with Crippen LogP contribution in [0.3, 0.4) is 0 Å². The first kappa shape index (κ1) is 30.3. The molecular weight excluding hydrogens is 538 g/mol. The van der Waals surface area contributed by atoms with Crippen LogP contribution in [0.2, 0.25) is 0 Å². The Hall–Kier alpha value is -3.19. The van der Waals surface area contributed by atoms with Gasteiger partial charge in [-0.2, -0.15) is 0 Å². The van der Waals surface area contributed by atoms with Crippen LogP contribution in [-0.2, 0) is 16.6 Å². The highest BCUT2D eigenvalue weighted by molar-refractivity contribution is 7.89. The van der Waals surface area contributed by atoms with Gasteiger partial charge < -0.3 is 9.80 Å². The lowest BCUT2D eigenvalue weighted by Crippen LogP contribution is -2.36. The summed E-state index contributed by atoms with van der Waals surface area (Å²) in [6.07, 6.45) is 3.49. The van der Waals surface area contributed by atoms with Crippen LogP contribution in [0.15, 0.2) is 95.9 Å². The van der Waals surface area contributed by atoms with Gasteiger partial charge in [-0.1, -0.05) is 80.6 Å². The molecule has 0 spiro atoms. The molecule has 0 bridgehead atoms. The first-order valence-electron chi connectivity index (χ1n) is 15.2. The van der Waals surface area contributed by atoms with Gasteiger partial charge in [0.2, 0.25) is 10.0 Å². The zero-order valence-electron chi connectivity index (χ0n) is 25.5. The van der Waals surface area contributed by atoms with E-state index in [0.717, 1.165) is 54.5 Å². The molecule has 6 heteroatoms. The molecule has 4 aromatic carbocycles. The first-order chi connectivity index (χ1) is 20.2. The van der Waals surface area contributed by atoms with E-state index in [-0.39, 0.29) is 6.54 Å². The normalized spacial score (nSPS) is 16.4. The van der Waals surface area contributed by atoms with Crippen LogP contribution in [0.4, 0.5) is 5.69 Å². The predicted molar refractivity (Wildman–Crippen MR) is 176 cm³/mol. The number of nitrogens with zero attached hydrogens (tertiary/aromatic N) is 2. The number of sulfonamides is 1. The molecule has 222 valence electrons. The lowest BCUT2D eigenvalue weighted by atomic mass is 9.87. The zero-order valence-corrected chi connectivity index (χ0v) is 26.3. The van der Waals surface area contributed by atoms with E-state index < -0.39 is 10.0 Å². The molecule has 1 N–H and O–H groups in total. The predicted octanol–water partition coefficient (Wildman–Crippen LogP) is 7.39. The van der Waals surface area contributed by atoms with Crippen LogP contribution < -0.4 is 9.62 Å². The van der Waals surface area contributed by atoms with Crippen molar-refractivity contribution >= 4 is 26.5 Å². The third-order valence-electron chi connectivity index (χ3n) is 8.79. The number of hydrogen-bond donors (Lipinski definition) is 1. The SMILES string of the molecule is CC(CC(C)c1ccccc1)CN1CCC(c2cccc(CNS(=O)(=O)c3ccc4cc(N(C)C)ccc4c3)c2)CC1. The number of fused-ring (bicyclic) bond motifs is 1. The lowest BCUT2D eigenvalue weighted by molar-refractivity contribution is 0.181. The molecule has 5 nitrogen and oxygen atoms in total. The minimum Gasteiger partial charge on any atom is -0.378 e. The van der Waals surface area contributed by atoms with Crippen LogP contribution in [0.1, 0.15) is 61.6 Å². The number of nitrogens with one attached hydrogen (secondary N) is 1. The summed E-state index contributed by atoms with van der Waals surface area (Å²) >= 11 is 0. The van der Waals surface area contributed by atoms with Gasteiger partial charge in [0.15, 0.2) is 0 Å². The van der Waals surface area contributed by atoms with E-state index in [2.05, 4.69) is 78.1 Å². The Morgan fingerprint density at radius 2 is 1.57 bits per heavy atom. The summed E-state index contributed by atoms with van der Waals surface area (Å²) < 4.78 is 29.1. The molecule has 0 radical (unpaired) electrons.